The number of hydrogen-bond acceptors (Lipinski definition) is 3. The molecule has 5 nitrogen and oxygen atoms in total. The van der Waals surface area contributed by atoms with Gasteiger partial charge in [0.1, 0.15) is 5.54 Å². The minimum absolute atomic E-state index is 0.180. The van der Waals surface area contributed by atoms with Crippen LogP contribution in [0, 0.1) is 11.3 Å². The van der Waals surface area contributed by atoms with Gasteiger partial charge in [-0.1, -0.05) is 49.7 Å². The van der Waals surface area contributed by atoms with Crippen LogP contribution in [0.25, 0.3) is 0 Å². The second-order valence-corrected chi connectivity index (χ2v) is 6.70. The van der Waals surface area contributed by atoms with E-state index in [-0.39, 0.29) is 12.5 Å². The zero-order valence-electron chi connectivity index (χ0n) is 15.0. The van der Waals surface area contributed by atoms with Crippen LogP contribution in [0.1, 0.15) is 42.5 Å². The summed E-state index contributed by atoms with van der Waals surface area (Å²) in [6.45, 7) is 4.04. The van der Waals surface area contributed by atoms with Gasteiger partial charge in [0, 0.05) is 0 Å². The summed E-state index contributed by atoms with van der Waals surface area (Å²) in [5.41, 5.74) is 2.27. The van der Waals surface area contributed by atoms with Crippen molar-refractivity contribution in [1.29, 1.82) is 5.26 Å². The van der Waals surface area contributed by atoms with Crippen molar-refractivity contribution in [3.05, 3.63) is 70.8 Å². The van der Waals surface area contributed by atoms with Crippen molar-refractivity contribution in [1.82, 2.24) is 10.2 Å². The number of nitrogens with zero attached hydrogens (tertiary/aromatic N) is 2. The summed E-state index contributed by atoms with van der Waals surface area (Å²) in [6, 6.07) is 16.4. The van der Waals surface area contributed by atoms with E-state index >= 15 is 0 Å². The Balaban J connectivity index is 1.81. The summed E-state index contributed by atoms with van der Waals surface area (Å²) in [7, 11) is 0. The molecule has 3 rings (SSSR count). The van der Waals surface area contributed by atoms with Crippen LogP contribution in [-0.4, -0.2) is 16.8 Å². The van der Waals surface area contributed by atoms with E-state index in [1.54, 1.807) is 31.2 Å². The molecule has 1 atom stereocenters. The molecule has 1 N–H and O–H groups in total. The Hall–Kier alpha value is -3.13. The Morgan fingerprint density at radius 3 is 2.23 bits per heavy atom. The van der Waals surface area contributed by atoms with Crippen LogP contribution in [0.15, 0.2) is 48.5 Å². The number of benzene rings is 2. The number of imide groups is 1. The van der Waals surface area contributed by atoms with E-state index in [0.29, 0.717) is 5.56 Å². The number of amides is 3. The monoisotopic (exact) mass is 347 g/mol. The molecule has 0 bridgehead atoms. The molecule has 0 aromatic heterocycles. The number of nitriles is 1. The van der Waals surface area contributed by atoms with Gasteiger partial charge in [-0.05, 0) is 42.2 Å². The standard InChI is InChI=1S/C21H21N3O2/c1-3-4-15-9-11-18(12-10-15)21(2)19(25)24(20(26)23-21)14-17-7-5-16(13-22)6-8-17/h5-12H,3-4,14H2,1-2H3,(H,23,26)/t21-/m1/s1. The van der Waals surface area contributed by atoms with Gasteiger partial charge in [0.15, 0.2) is 0 Å². The van der Waals surface area contributed by atoms with Gasteiger partial charge in [-0.25, -0.2) is 4.79 Å². The molecule has 2 aromatic rings. The summed E-state index contributed by atoms with van der Waals surface area (Å²) < 4.78 is 0. The van der Waals surface area contributed by atoms with E-state index in [9.17, 15) is 9.59 Å². The largest absolute Gasteiger partial charge is 0.325 e. The van der Waals surface area contributed by atoms with Crippen molar-refractivity contribution in [2.45, 2.75) is 38.8 Å². The molecule has 0 spiro atoms. The van der Waals surface area contributed by atoms with Gasteiger partial charge in [0.25, 0.3) is 5.91 Å². The predicted molar refractivity (Wildman–Crippen MR) is 98.0 cm³/mol. The summed E-state index contributed by atoms with van der Waals surface area (Å²) in [4.78, 5) is 26.6. The minimum atomic E-state index is -1.06. The van der Waals surface area contributed by atoms with Gasteiger partial charge < -0.3 is 5.32 Å². The SMILES string of the molecule is CCCc1ccc([C@@]2(C)NC(=O)N(Cc3ccc(C#N)cc3)C2=O)cc1. The van der Waals surface area contributed by atoms with Gasteiger partial charge in [0.2, 0.25) is 0 Å². The molecule has 1 heterocycles. The second kappa shape index (κ2) is 7.01. The normalized spacial score (nSPS) is 19.3. The van der Waals surface area contributed by atoms with Gasteiger partial charge >= 0.3 is 6.03 Å². The van der Waals surface area contributed by atoms with Crippen LogP contribution >= 0.6 is 0 Å². The van der Waals surface area contributed by atoms with Crippen molar-refractivity contribution in [2.24, 2.45) is 0 Å². The van der Waals surface area contributed by atoms with Gasteiger partial charge in [-0.15, -0.1) is 0 Å². The minimum Gasteiger partial charge on any atom is -0.319 e. The molecule has 26 heavy (non-hydrogen) atoms. The maximum atomic E-state index is 13.0. The molecule has 0 aliphatic carbocycles. The number of nitrogens with one attached hydrogen (secondary N) is 1. The number of hydrogen-bond donors (Lipinski definition) is 1. The van der Waals surface area contributed by atoms with Gasteiger partial charge in [-0.2, -0.15) is 5.26 Å². The average molecular weight is 347 g/mol. The Kier molecular flexibility index (Phi) is 4.77. The molecular formula is C21H21N3O2. The second-order valence-electron chi connectivity index (χ2n) is 6.70. The fraction of sp³-hybridized carbons (Fsp3) is 0.286. The topological polar surface area (TPSA) is 73.2 Å². The lowest BCUT2D eigenvalue weighted by Gasteiger charge is -2.22. The molecular weight excluding hydrogens is 326 g/mol. The number of aryl methyl sites for hydroxylation is 1. The van der Waals surface area contributed by atoms with E-state index in [1.165, 1.54) is 10.5 Å². The van der Waals surface area contributed by atoms with E-state index < -0.39 is 11.6 Å². The Morgan fingerprint density at radius 1 is 1.04 bits per heavy atom. The molecule has 1 aliphatic rings. The highest BCUT2D eigenvalue weighted by atomic mass is 16.2. The lowest BCUT2D eigenvalue weighted by Crippen LogP contribution is -2.40. The molecule has 0 saturated carbocycles. The van der Waals surface area contributed by atoms with Crippen LogP contribution in [-0.2, 0) is 23.3 Å². The van der Waals surface area contributed by atoms with Crippen LogP contribution in [0.4, 0.5) is 4.79 Å². The quantitative estimate of drug-likeness (QED) is 0.842. The van der Waals surface area contributed by atoms with Crippen molar-refractivity contribution in [2.75, 3.05) is 0 Å². The molecule has 1 saturated heterocycles. The summed E-state index contributed by atoms with van der Waals surface area (Å²) in [5.74, 6) is -0.268. The van der Waals surface area contributed by atoms with E-state index in [0.717, 1.165) is 24.0 Å². The first-order chi connectivity index (χ1) is 12.5. The van der Waals surface area contributed by atoms with Crippen molar-refractivity contribution < 1.29 is 9.59 Å². The molecule has 1 aliphatic heterocycles. The van der Waals surface area contributed by atoms with E-state index in [4.69, 9.17) is 5.26 Å². The number of carbonyl (C=O) groups excluding carboxylic acids is 2. The highest BCUT2D eigenvalue weighted by Crippen LogP contribution is 2.30. The summed E-state index contributed by atoms with van der Waals surface area (Å²) in [6.07, 6.45) is 2.05. The highest BCUT2D eigenvalue weighted by molar-refractivity contribution is 6.07. The lowest BCUT2D eigenvalue weighted by atomic mass is 9.91. The lowest BCUT2D eigenvalue weighted by molar-refractivity contribution is -0.131. The fourth-order valence-electron chi connectivity index (χ4n) is 3.20. The summed E-state index contributed by atoms with van der Waals surface area (Å²) >= 11 is 0. The van der Waals surface area contributed by atoms with Crippen molar-refractivity contribution >= 4 is 11.9 Å². The van der Waals surface area contributed by atoms with Crippen molar-refractivity contribution in [3.8, 4) is 6.07 Å². The maximum Gasteiger partial charge on any atom is 0.325 e. The zero-order chi connectivity index (χ0) is 18.7. The summed E-state index contributed by atoms with van der Waals surface area (Å²) in [5, 5.41) is 11.7. The Bertz CT molecular complexity index is 866. The van der Waals surface area contributed by atoms with Crippen LogP contribution in [0.5, 0.6) is 0 Å². The molecule has 132 valence electrons. The molecule has 0 unspecified atom stereocenters. The third-order valence-electron chi connectivity index (χ3n) is 4.77. The number of carbonyl (C=O) groups is 2. The van der Waals surface area contributed by atoms with Crippen LogP contribution in [0.3, 0.4) is 0 Å². The molecule has 0 radical (unpaired) electrons. The first kappa shape index (κ1) is 17.7. The molecule has 1 fully saturated rings. The fourth-order valence-corrected chi connectivity index (χ4v) is 3.20. The number of rotatable bonds is 5. The number of urea groups is 1. The Labute approximate surface area is 153 Å². The molecule has 5 heteroatoms. The van der Waals surface area contributed by atoms with Crippen LogP contribution < -0.4 is 5.32 Å². The van der Waals surface area contributed by atoms with Gasteiger partial charge in [0.05, 0.1) is 18.2 Å². The zero-order valence-corrected chi connectivity index (χ0v) is 15.0. The molecule has 2 aromatic carbocycles. The Morgan fingerprint density at radius 2 is 1.65 bits per heavy atom. The third kappa shape index (κ3) is 3.18. The first-order valence-electron chi connectivity index (χ1n) is 8.70. The third-order valence-corrected chi connectivity index (χ3v) is 4.77. The van der Waals surface area contributed by atoms with E-state index in [2.05, 4.69) is 18.3 Å². The maximum absolute atomic E-state index is 13.0. The highest BCUT2D eigenvalue weighted by Gasteiger charge is 2.48. The van der Waals surface area contributed by atoms with E-state index in [1.807, 2.05) is 24.3 Å². The first-order valence-corrected chi connectivity index (χ1v) is 8.70. The smallest absolute Gasteiger partial charge is 0.319 e. The van der Waals surface area contributed by atoms with Gasteiger partial charge in [-0.3, -0.25) is 9.69 Å². The predicted octanol–water partition coefficient (Wildman–Crippen LogP) is 3.48. The average Bonchev–Trinajstić information content (AvgIpc) is 2.87. The molecule has 3 amide bonds. The van der Waals surface area contributed by atoms with Crippen molar-refractivity contribution in [3.63, 3.8) is 0 Å². The van der Waals surface area contributed by atoms with Crippen LogP contribution in [0.2, 0.25) is 0 Å².